The zero-order valence-corrected chi connectivity index (χ0v) is 6.55. The van der Waals surface area contributed by atoms with Crippen LogP contribution in [0.3, 0.4) is 0 Å². The molecule has 0 heterocycles. The summed E-state index contributed by atoms with van der Waals surface area (Å²) in [5.41, 5.74) is 10.7. The SMILES string of the molecule is C#CC(=O)[C@@H](N)CCCCN. The van der Waals surface area contributed by atoms with E-state index in [1.54, 1.807) is 0 Å². The second-order valence-electron chi connectivity index (χ2n) is 2.40. The first-order valence-electron chi connectivity index (χ1n) is 3.68. The molecule has 0 aliphatic carbocycles. The monoisotopic (exact) mass is 154 g/mol. The van der Waals surface area contributed by atoms with Gasteiger partial charge in [0.1, 0.15) is 0 Å². The van der Waals surface area contributed by atoms with Gasteiger partial charge in [0.15, 0.2) is 0 Å². The maximum Gasteiger partial charge on any atom is 0.221 e. The van der Waals surface area contributed by atoms with Gasteiger partial charge in [0.05, 0.1) is 6.04 Å². The third kappa shape index (κ3) is 4.54. The Bertz CT molecular complexity index is 160. The molecule has 62 valence electrons. The van der Waals surface area contributed by atoms with Crippen molar-refractivity contribution in [1.29, 1.82) is 0 Å². The van der Waals surface area contributed by atoms with Crippen LogP contribution in [0.25, 0.3) is 0 Å². The first-order valence-corrected chi connectivity index (χ1v) is 3.68. The second-order valence-corrected chi connectivity index (χ2v) is 2.40. The molecule has 0 rings (SSSR count). The number of hydrogen-bond donors (Lipinski definition) is 2. The summed E-state index contributed by atoms with van der Waals surface area (Å²) in [5, 5.41) is 0. The average Bonchev–Trinajstić information content (AvgIpc) is 2.03. The molecule has 0 amide bonds. The van der Waals surface area contributed by atoms with Gasteiger partial charge < -0.3 is 11.5 Å². The van der Waals surface area contributed by atoms with E-state index in [1.807, 2.05) is 5.92 Å². The van der Waals surface area contributed by atoms with Gasteiger partial charge in [-0.3, -0.25) is 4.79 Å². The molecular weight excluding hydrogens is 140 g/mol. The Labute approximate surface area is 67.1 Å². The lowest BCUT2D eigenvalue weighted by atomic mass is 10.1. The van der Waals surface area contributed by atoms with Crippen molar-refractivity contribution in [2.75, 3.05) is 6.54 Å². The number of hydrogen-bond acceptors (Lipinski definition) is 3. The van der Waals surface area contributed by atoms with E-state index in [0.717, 1.165) is 12.8 Å². The van der Waals surface area contributed by atoms with Crippen LogP contribution < -0.4 is 11.5 Å². The number of terminal acetylenes is 1. The molecule has 0 radical (unpaired) electrons. The minimum absolute atomic E-state index is 0.318. The number of carbonyl (C=O) groups excluding carboxylic acids is 1. The Morgan fingerprint density at radius 1 is 1.55 bits per heavy atom. The molecule has 0 aromatic carbocycles. The molecule has 0 spiro atoms. The Hall–Kier alpha value is -0.850. The van der Waals surface area contributed by atoms with Gasteiger partial charge in [-0.15, -0.1) is 6.42 Å². The normalized spacial score (nSPS) is 12.1. The molecule has 0 bridgehead atoms. The van der Waals surface area contributed by atoms with Crippen LogP contribution >= 0.6 is 0 Å². The van der Waals surface area contributed by atoms with Crippen molar-refractivity contribution in [2.45, 2.75) is 25.3 Å². The van der Waals surface area contributed by atoms with Crippen LogP contribution in [0.4, 0.5) is 0 Å². The Kier molecular flexibility index (Phi) is 5.44. The van der Waals surface area contributed by atoms with Crippen LogP contribution in [0, 0.1) is 12.3 Å². The topological polar surface area (TPSA) is 69.1 Å². The van der Waals surface area contributed by atoms with E-state index in [9.17, 15) is 4.79 Å². The van der Waals surface area contributed by atoms with Crippen molar-refractivity contribution >= 4 is 5.78 Å². The molecule has 0 saturated heterocycles. The first kappa shape index (κ1) is 10.2. The standard InChI is InChI=1S/C8H14N2O/c1-2-8(11)7(10)5-3-4-6-9/h1,7H,3-6,9-10H2/t7-/m0/s1. The van der Waals surface area contributed by atoms with Crippen molar-refractivity contribution in [1.82, 2.24) is 0 Å². The molecule has 0 unspecified atom stereocenters. The van der Waals surface area contributed by atoms with Gasteiger partial charge in [-0.1, -0.05) is 6.42 Å². The van der Waals surface area contributed by atoms with Crippen LogP contribution in [0.15, 0.2) is 0 Å². The predicted molar refractivity (Wildman–Crippen MR) is 44.7 cm³/mol. The van der Waals surface area contributed by atoms with E-state index in [2.05, 4.69) is 0 Å². The molecule has 0 aliphatic heterocycles. The minimum atomic E-state index is -0.494. The largest absolute Gasteiger partial charge is 0.330 e. The van der Waals surface area contributed by atoms with Crippen molar-refractivity contribution < 1.29 is 4.79 Å². The van der Waals surface area contributed by atoms with Crippen molar-refractivity contribution in [3.8, 4) is 12.3 Å². The molecule has 3 nitrogen and oxygen atoms in total. The van der Waals surface area contributed by atoms with Gasteiger partial charge in [-0.05, 0) is 25.3 Å². The smallest absolute Gasteiger partial charge is 0.221 e. The number of rotatable bonds is 5. The molecule has 11 heavy (non-hydrogen) atoms. The van der Waals surface area contributed by atoms with Crippen molar-refractivity contribution in [3.63, 3.8) is 0 Å². The Balaban J connectivity index is 3.46. The molecule has 0 fully saturated rings. The lowest BCUT2D eigenvalue weighted by Crippen LogP contribution is -2.29. The summed E-state index contributed by atoms with van der Waals surface area (Å²) in [4.78, 5) is 10.7. The minimum Gasteiger partial charge on any atom is -0.330 e. The maximum absolute atomic E-state index is 10.7. The Morgan fingerprint density at radius 2 is 2.18 bits per heavy atom. The zero-order valence-electron chi connectivity index (χ0n) is 6.55. The fourth-order valence-corrected chi connectivity index (χ4v) is 0.747. The summed E-state index contributed by atoms with van der Waals surface area (Å²) < 4.78 is 0. The highest BCUT2D eigenvalue weighted by atomic mass is 16.1. The van der Waals surface area contributed by atoms with Gasteiger partial charge in [0, 0.05) is 0 Å². The third-order valence-corrected chi connectivity index (χ3v) is 1.45. The summed E-state index contributed by atoms with van der Waals surface area (Å²) in [6.07, 6.45) is 7.27. The van der Waals surface area contributed by atoms with Crippen LogP contribution in [0.2, 0.25) is 0 Å². The molecular formula is C8H14N2O. The number of nitrogens with two attached hydrogens (primary N) is 2. The summed E-state index contributed by atoms with van der Waals surface area (Å²) in [7, 11) is 0. The van der Waals surface area contributed by atoms with Crippen LogP contribution in [0.5, 0.6) is 0 Å². The molecule has 0 aliphatic rings. The van der Waals surface area contributed by atoms with Crippen molar-refractivity contribution in [3.05, 3.63) is 0 Å². The first-order chi connectivity index (χ1) is 5.22. The van der Waals surface area contributed by atoms with Gasteiger partial charge >= 0.3 is 0 Å². The number of Topliss-reactive ketones (excluding diaryl/α,β-unsaturated/α-hetero) is 1. The van der Waals surface area contributed by atoms with E-state index in [-0.39, 0.29) is 5.78 Å². The molecule has 1 atom stereocenters. The highest BCUT2D eigenvalue weighted by molar-refractivity contribution is 5.98. The van der Waals surface area contributed by atoms with Crippen LogP contribution in [0.1, 0.15) is 19.3 Å². The van der Waals surface area contributed by atoms with E-state index >= 15 is 0 Å². The Morgan fingerprint density at radius 3 is 2.64 bits per heavy atom. The van der Waals surface area contributed by atoms with Crippen molar-refractivity contribution in [2.24, 2.45) is 11.5 Å². The zero-order chi connectivity index (χ0) is 8.69. The molecule has 0 saturated carbocycles. The van der Waals surface area contributed by atoms with Gasteiger partial charge in [-0.25, -0.2) is 0 Å². The van der Waals surface area contributed by atoms with Gasteiger partial charge in [0.25, 0.3) is 0 Å². The van der Waals surface area contributed by atoms with Crippen LogP contribution in [-0.2, 0) is 4.79 Å². The number of carbonyl (C=O) groups is 1. The van der Waals surface area contributed by atoms with E-state index in [4.69, 9.17) is 17.9 Å². The molecule has 3 heteroatoms. The average molecular weight is 154 g/mol. The maximum atomic E-state index is 10.7. The number of unbranched alkanes of at least 4 members (excludes halogenated alkanes) is 1. The fourth-order valence-electron chi connectivity index (χ4n) is 0.747. The van der Waals surface area contributed by atoms with Crippen LogP contribution in [-0.4, -0.2) is 18.4 Å². The summed E-state index contributed by atoms with van der Waals surface area (Å²) in [6, 6.07) is -0.494. The van der Waals surface area contributed by atoms with E-state index in [0.29, 0.717) is 13.0 Å². The quantitative estimate of drug-likeness (QED) is 0.323. The third-order valence-electron chi connectivity index (χ3n) is 1.45. The highest BCUT2D eigenvalue weighted by Gasteiger charge is 2.08. The number of ketones is 1. The van der Waals surface area contributed by atoms with Gasteiger partial charge in [0.2, 0.25) is 5.78 Å². The van der Waals surface area contributed by atoms with E-state index in [1.165, 1.54) is 0 Å². The predicted octanol–water partition coefficient (Wildman–Crippen LogP) is -0.355. The second kappa shape index (κ2) is 5.90. The highest BCUT2D eigenvalue weighted by Crippen LogP contribution is 1.97. The lowest BCUT2D eigenvalue weighted by Gasteiger charge is -2.04. The fraction of sp³-hybridized carbons (Fsp3) is 0.625. The molecule has 0 aromatic rings. The molecule has 0 aromatic heterocycles. The summed E-state index contributed by atoms with van der Waals surface area (Å²) >= 11 is 0. The summed E-state index contributed by atoms with van der Waals surface area (Å²) in [5.74, 6) is 1.68. The summed E-state index contributed by atoms with van der Waals surface area (Å²) in [6.45, 7) is 0.636. The van der Waals surface area contributed by atoms with E-state index < -0.39 is 6.04 Å². The lowest BCUT2D eigenvalue weighted by molar-refractivity contribution is -0.115. The van der Waals surface area contributed by atoms with Gasteiger partial charge in [-0.2, -0.15) is 0 Å². The molecule has 4 N–H and O–H groups in total.